The third kappa shape index (κ3) is 7.10. The topological polar surface area (TPSA) is 59.6 Å². The standard InChI is InChI=1S/C23H36N2O3S/c1-2-3-4-5-6-7-8-9-10-11-14-24-22(26)19-16-29-23(25-19)18-12-13-20-21(15-18)28-17-27-20/h12-13,15,19,23,25H,2-11,14,16-17H2,1H3,(H,24,26)/t19-,23?/m0/s1. The molecule has 0 saturated carbocycles. The fourth-order valence-electron chi connectivity index (χ4n) is 3.84. The predicted octanol–water partition coefficient (Wildman–Crippen LogP) is 5.16. The van der Waals surface area contributed by atoms with Gasteiger partial charge in [0, 0.05) is 12.3 Å². The third-order valence-corrected chi connectivity index (χ3v) is 6.89. The largest absolute Gasteiger partial charge is 0.454 e. The van der Waals surface area contributed by atoms with Crippen molar-refractivity contribution < 1.29 is 14.3 Å². The molecule has 2 aliphatic rings. The smallest absolute Gasteiger partial charge is 0.238 e. The van der Waals surface area contributed by atoms with Crippen LogP contribution in [0.3, 0.4) is 0 Å². The molecule has 5 nitrogen and oxygen atoms in total. The van der Waals surface area contributed by atoms with Crippen molar-refractivity contribution >= 4 is 17.7 Å². The molecule has 0 radical (unpaired) electrons. The number of unbranched alkanes of at least 4 members (excludes halogenated alkanes) is 9. The number of hydrogen-bond acceptors (Lipinski definition) is 5. The molecule has 2 heterocycles. The Hall–Kier alpha value is -1.40. The van der Waals surface area contributed by atoms with E-state index in [0.29, 0.717) is 0 Å². The van der Waals surface area contributed by atoms with E-state index in [4.69, 9.17) is 9.47 Å². The molecule has 0 bridgehead atoms. The van der Waals surface area contributed by atoms with Crippen molar-refractivity contribution in [1.82, 2.24) is 10.6 Å². The summed E-state index contributed by atoms with van der Waals surface area (Å²) < 4.78 is 10.8. The Morgan fingerprint density at radius 3 is 2.48 bits per heavy atom. The summed E-state index contributed by atoms with van der Waals surface area (Å²) in [4.78, 5) is 12.4. The van der Waals surface area contributed by atoms with Crippen LogP contribution in [0.1, 0.15) is 82.1 Å². The average Bonchev–Trinajstić information content (AvgIpc) is 3.40. The fraction of sp³-hybridized carbons (Fsp3) is 0.696. The second-order valence-electron chi connectivity index (χ2n) is 8.02. The molecule has 0 spiro atoms. The Balaban J connectivity index is 1.24. The first-order chi connectivity index (χ1) is 14.3. The summed E-state index contributed by atoms with van der Waals surface area (Å²) in [5.74, 6) is 2.50. The lowest BCUT2D eigenvalue weighted by Gasteiger charge is -2.14. The van der Waals surface area contributed by atoms with Crippen LogP contribution < -0.4 is 20.1 Å². The van der Waals surface area contributed by atoms with Crippen LogP contribution in [0.25, 0.3) is 0 Å². The van der Waals surface area contributed by atoms with Crippen molar-refractivity contribution in [2.24, 2.45) is 0 Å². The number of ether oxygens (including phenoxy) is 2. The summed E-state index contributed by atoms with van der Waals surface area (Å²) in [5.41, 5.74) is 1.13. The molecule has 2 N–H and O–H groups in total. The summed E-state index contributed by atoms with van der Waals surface area (Å²) in [5, 5.41) is 6.67. The maximum atomic E-state index is 12.4. The monoisotopic (exact) mass is 420 g/mol. The number of amides is 1. The van der Waals surface area contributed by atoms with Crippen LogP contribution >= 0.6 is 11.8 Å². The van der Waals surface area contributed by atoms with Gasteiger partial charge in [-0.15, -0.1) is 11.8 Å². The van der Waals surface area contributed by atoms with E-state index in [1.807, 2.05) is 18.2 Å². The SMILES string of the molecule is CCCCCCCCCCCCNC(=O)[C@@H]1CSC(c2ccc3c(c2)OCO3)N1. The van der Waals surface area contributed by atoms with Crippen molar-refractivity contribution in [3.63, 3.8) is 0 Å². The highest BCUT2D eigenvalue weighted by molar-refractivity contribution is 7.99. The van der Waals surface area contributed by atoms with Gasteiger partial charge < -0.3 is 14.8 Å². The highest BCUT2D eigenvalue weighted by atomic mass is 32.2. The van der Waals surface area contributed by atoms with Crippen molar-refractivity contribution in [2.75, 3.05) is 19.1 Å². The summed E-state index contributed by atoms with van der Waals surface area (Å²) in [6.07, 6.45) is 13.1. The lowest BCUT2D eigenvalue weighted by Crippen LogP contribution is -2.42. The van der Waals surface area contributed by atoms with Crippen molar-refractivity contribution in [3.8, 4) is 11.5 Å². The molecular weight excluding hydrogens is 384 g/mol. The normalized spacial score (nSPS) is 20.2. The van der Waals surface area contributed by atoms with E-state index >= 15 is 0 Å². The lowest BCUT2D eigenvalue weighted by molar-refractivity contribution is -0.122. The van der Waals surface area contributed by atoms with Gasteiger partial charge in [-0.1, -0.05) is 70.8 Å². The summed E-state index contributed by atoms with van der Waals surface area (Å²) in [6.45, 7) is 3.33. The van der Waals surface area contributed by atoms with E-state index in [9.17, 15) is 4.79 Å². The first kappa shape index (κ1) is 22.3. The zero-order valence-electron chi connectivity index (χ0n) is 17.7. The minimum atomic E-state index is -0.126. The predicted molar refractivity (Wildman–Crippen MR) is 120 cm³/mol. The van der Waals surface area contributed by atoms with Crippen molar-refractivity contribution in [1.29, 1.82) is 0 Å². The molecule has 0 aromatic heterocycles. The molecule has 2 atom stereocenters. The van der Waals surface area contributed by atoms with Crippen molar-refractivity contribution in [2.45, 2.75) is 82.5 Å². The minimum absolute atomic E-state index is 0.122. The van der Waals surface area contributed by atoms with Gasteiger partial charge in [0.2, 0.25) is 12.7 Å². The molecule has 3 rings (SSSR count). The van der Waals surface area contributed by atoms with E-state index in [2.05, 4.69) is 17.6 Å². The number of carbonyl (C=O) groups excluding carboxylic acids is 1. The van der Waals surface area contributed by atoms with Gasteiger partial charge in [-0.3, -0.25) is 10.1 Å². The van der Waals surface area contributed by atoms with Gasteiger partial charge >= 0.3 is 0 Å². The molecule has 1 saturated heterocycles. The van der Waals surface area contributed by atoms with Gasteiger partial charge in [0.05, 0.1) is 11.4 Å². The Morgan fingerprint density at radius 2 is 1.72 bits per heavy atom. The van der Waals surface area contributed by atoms with Gasteiger partial charge in [0.15, 0.2) is 11.5 Å². The number of rotatable bonds is 13. The summed E-state index contributed by atoms with van der Waals surface area (Å²) in [6, 6.07) is 5.87. The summed E-state index contributed by atoms with van der Waals surface area (Å²) >= 11 is 1.77. The van der Waals surface area contributed by atoms with Crippen LogP contribution in [-0.4, -0.2) is 31.0 Å². The second kappa shape index (κ2) is 12.3. The quantitative estimate of drug-likeness (QED) is 0.432. The van der Waals surface area contributed by atoms with Gasteiger partial charge in [-0.25, -0.2) is 0 Å². The van der Waals surface area contributed by atoms with E-state index in [0.717, 1.165) is 35.8 Å². The van der Waals surface area contributed by atoms with Gasteiger partial charge in [0.25, 0.3) is 0 Å². The Morgan fingerprint density at radius 1 is 1.03 bits per heavy atom. The van der Waals surface area contributed by atoms with Crippen LogP contribution in [0.5, 0.6) is 11.5 Å². The van der Waals surface area contributed by atoms with E-state index in [1.54, 1.807) is 11.8 Å². The Bertz CT molecular complexity index is 641. The van der Waals surface area contributed by atoms with E-state index in [1.165, 1.54) is 57.8 Å². The lowest BCUT2D eigenvalue weighted by atomic mass is 10.1. The van der Waals surface area contributed by atoms with Crippen LogP contribution in [0.2, 0.25) is 0 Å². The zero-order chi connectivity index (χ0) is 20.3. The van der Waals surface area contributed by atoms with Gasteiger partial charge in [0.1, 0.15) is 0 Å². The molecule has 1 amide bonds. The van der Waals surface area contributed by atoms with Crippen molar-refractivity contribution in [3.05, 3.63) is 23.8 Å². The highest BCUT2D eigenvalue weighted by Gasteiger charge is 2.31. The maximum absolute atomic E-state index is 12.4. The Labute approximate surface area is 179 Å². The molecule has 0 aliphatic carbocycles. The molecule has 1 fully saturated rings. The van der Waals surface area contributed by atoms with Crippen LogP contribution in [0.4, 0.5) is 0 Å². The van der Waals surface area contributed by atoms with Crippen LogP contribution in [-0.2, 0) is 4.79 Å². The number of thioether (sulfide) groups is 1. The van der Waals surface area contributed by atoms with E-state index in [-0.39, 0.29) is 24.1 Å². The minimum Gasteiger partial charge on any atom is -0.454 e. The maximum Gasteiger partial charge on any atom is 0.238 e. The first-order valence-corrected chi connectivity index (χ1v) is 12.4. The van der Waals surface area contributed by atoms with Gasteiger partial charge in [-0.2, -0.15) is 0 Å². The molecule has 162 valence electrons. The Kier molecular flexibility index (Phi) is 9.48. The number of hydrogen-bond donors (Lipinski definition) is 2. The van der Waals surface area contributed by atoms with E-state index < -0.39 is 0 Å². The molecule has 1 aromatic carbocycles. The fourth-order valence-corrected chi connectivity index (χ4v) is 5.07. The second-order valence-corrected chi connectivity index (χ2v) is 9.16. The molecular formula is C23H36N2O3S. The number of carbonyl (C=O) groups is 1. The van der Waals surface area contributed by atoms with Crippen LogP contribution in [0, 0.1) is 0 Å². The highest BCUT2D eigenvalue weighted by Crippen LogP contribution is 2.39. The molecule has 29 heavy (non-hydrogen) atoms. The average molecular weight is 421 g/mol. The van der Waals surface area contributed by atoms with Gasteiger partial charge in [-0.05, 0) is 24.1 Å². The number of benzene rings is 1. The number of fused-ring (bicyclic) bond motifs is 1. The number of nitrogens with one attached hydrogen (secondary N) is 2. The third-order valence-electron chi connectivity index (χ3n) is 5.63. The summed E-state index contributed by atoms with van der Waals surface area (Å²) in [7, 11) is 0. The first-order valence-electron chi connectivity index (χ1n) is 11.3. The van der Waals surface area contributed by atoms with Crippen LogP contribution in [0.15, 0.2) is 18.2 Å². The molecule has 1 unspecified atom stereocenters. The molecule has 2 aliphatic heterocycles. The zero-order valence-corrected chi connectivity index (χ0v) is 18.5. The molecule has 1 aromatic rings. The molecule has 6 heteroatoms.